The van der Waals surface area contributed by atoms with Crippen LogP contribution in [-0.4, -0.2) is 11.5 Å². The first-order chi connectivity index (χ1) is 3.31. The van der Waals surface area contributed by atoms with Gasteiger partial charge in [0.25, 0.3) is 0 Å². The Balaban J connectivity index is 3.00. The third-order valence-electron chi connectivity index (χ3n) is 0.429. The number of hydrogen-bond acceptors (Lipinski definition) is 3. The van der Waals surface area contributed by atoms with E-state index >= 15 is 0 Å². The molecule has 4 heteroatoms. The predicted octanol–water partition coefficient (Wildman–Crippen LogP) is 1.70. The van der Waals surface area contributed by atoms with E-state index < -0.39 is 23.1 Å². The summed E-state index contributed by atoms with van der Waals surface area (Å²) in [5, 5.41) is 0. The van der Waals surface area contributed by atoms with Crippen LogP contribution in [0.1, 0.15) is 0 Å². The Morgan fingerprint density at radius 3 is 2.57 bits per heavy atom. The molecule has 0 heterocycles. The molecule has 0 saturated heterocycles. The molecule has 0 unspecified atom stereocenters. The molecule has 0 fully saturated rings. The van der Waals surface area contributed by atoms with Gasteiger partial charge in [0, 0.05) is 0 Å². The summed E-state index contributed by atoms with van der Waals surface area (Å²) < 4.78 is 7.73. The van der Waals surface area contributed by atoms with E-state index in [9.17, 15) is 0 Å². The molecule has 0 radical (unpaired) electrons. The molecule has 7 heavy (non-hydrogen) atoms. The zero-order valence-electron chi connectivity index (χ0n) is 4.43. The van der Waals surface area contributed by atoms with E-state index in [1.54, 1.807) is 15.4 Å². The van der Waals surface area contributed by atoms with E-state index in [0.717, 1.165) is 4.38 Å². The van der Waals surface area contributed by atoms with Crippen LogP contribution in [0.5, 0.6) is 0 Å². The summed E-state index contributed by atoms with van der Waals surface area (Å²) >= 11 is 4.16. The molecular formula is C3H6HgOS2. The average molecular weight is 323 g/mol. The van der Waals surface area contributed by atoms with Crippen LogP contribution >= 0.6 is 20.5 Å². The third-order valence-corrected chi connectivity index (χ3v) is 10.5. The summed E-state index contributed by atoms with van der Waals surface area (Å²) in [6.45, 7) is 0. The van der Waals surface area contributed by atoms with Gasteiger partial charge in [-0.1, -0.05) is 0 Å². The second-order valence-corrected chi connectivity index (χ2v) is 12.9. The molecule has 0 aliphatic carbocycles. The maximum atomic E-state index is 4.75. The van der Waals surface area contributed by atoms with E-state index in [0.29, 0.717) is 0 Å². The van der Waals surface area contributed by atoms with Gasteiger partial charge in [0.1, 0.15) is 0 Å². The van der Waals surface area contributed by atoms with Crippen molar-refractivity contribution in [3.8, 4) is 0 Å². The molecule has 0 atom stereocenters. The van der Waals surface area contributed by atoms with Gasteiger partial charge in [-0.2, -0.15) is 0 Å². The van der Waals surface area contributed by atoms with Crippen molar-refractivity contribution in [2.45, 2.75) is 4.43 Å². The molecule has 0 aromatic carbocycles. The average Bonchev–Trinajstić information content (AvgIpc) is 1.68. The summed E-state index contributed by atoms with van der Waals surface area (Å²) in [5.41, 5.74) is 0. The van der Waals surface area contributed by atoms with Crippen LogP contribution in [0, 0.1) is 0 Å². The normalized spacial score (nSPS) is 7.14. The summed E-state index contributed by atoms with van der Waals surface area (Å²) in [4.78, 5) is 0. The Morgan fingerprint density at radius 1 is 1.86 bits per heavy atom. The zero-order valence-corrected chi connectivity index (χ0v) is 11.6. The SMILES string of the molecule is COC(=S)[S][Hg][CH3]. The van der Waals surface area contributed by atoms with Crippen molar-refractivity contribution in [1.29, 1.82) is 0 Å². The Labute approximate surface area is 63.7 Å². The summed E-state index contributed by atoms with van der Waals surface area (Å²) in [6.07, 6.45) is 0. The molecule has 0 bridgehead atoms. The Hall–Kier alpha value is 1.18. The first kappa shape index (κ1) is 8.18. The van der Waals surface area contributed by atoms with Crippen molar-refractivity contribution in [2.75, 3.05) is 7.11 Å². The molecule has 0 amide bonds. The summed E-state index contributed by atoms with van der Waals surface area (Å²) in [5.74, 6) is 0. The summed E-state index contributed by atoms with van der Waals surface area (Å²) in [7, 11) is 3.39. The van der Waals surface area contributed by atoms with Crippen molar-refractivity contribution >= 4 is 24.8 Å². The quantitative estimate of drug-likeness (QED) is 0.537. The fourth-order valence-electron chi connectivity index (χ4n) is 0.177. The second-order valence-electron chi connectivity index (χ2n) is 0.887. The number of rotatable bonds is 1. The number of thiocarbonyl (C=S) groups is 1. The van der Waals surface area contributed by atoms with Gasteiger partial charge >= 0.3 is 64.2 Å². The minimum atomic E-state index is -0.586. The number of ether oxygens (including phenoxy) is 1. The van der Waals surface area contributed by atoms with Crippen LogP contribution in [0.3, 0.4) is 0 Å². The van der Waals surface area contributed by atoms with Crippen LogP contribution < -0.4 is 0 Å². The van der Waals surface area contributed by atoms with Crippen LogP contribution in [-0.2, 0) is 27.8 Å². The molecule has 0 N–H and O–H groups in total. The van der Waals surface area contributed by atoms with Gasteiger partial charge in [0.2, 0.25) is 0 Å². The van der Waals surface area contributed by atoms with Gasteiger partial charge in [-0.25, -0.2) is 0 Å². The third kappa shape index (κ3) is 5.04. The molecule has 0 aliphatic rings. The molecule has 0 aromatic rings. The van der Waals surface area contributed by atoms with Crippen molar-refractivity contribution in [1.82, 2.24) is 0 Å². The standard InChI is InChI=1S/C2H4OS2.CH3.Hg/c1-3-2(4)5;;/h1H3,(H,4,5);1H3;/q;;+1/p-1. The predicted molar refractivity (Wildman–Crippen MR) is 33.1 cm³/mol. The molecule has 0 rings (SSSR count). The van der Waals surface area contributed by atoms with Crippen molar-refractivity contribution in [2.24, 2.45) is 0 Å². The molecule has 0 saturated carbocycles. The fraction of sp³-hybridized carbons (Fsp3) is 0.667. The number of methoxy groups -OCH3 is 1. The molecule has 0 aromatic heterocycles. The monoisotopic (exact) mass is 324 g/mol. The minimum absolute atomic E-state index is 0.586. The van der Waals surface area contributed by atoms with Gasteiger partial charge in [0.05, 0.1) is 0 Å². The first-order valence-electron chi connectivity index (χ1n) is 2.02. The second kappa shape index (κ2) is 5.31. The summed E-state index contributed by atoms with van der Waals surface area (Å²) in [6, 6.07) is 0. The van der Waals surface area contributed by atoms with E-state index in [1.807, 2.05) is 0 Å². The Morgan fingerprint density at radius 2 is 2.43 bits per heavy atom. The molecule has 0 spiro atoms. The topological polar surface area (TPSA) is 9.23 Å². The van der Waals surface area contributed by atoms with Crippen LogP contribution in [0.15, 0.2) is 0 Å². The van der Waals surface area contributed by atoms with Crippen LogP contribution in [0.2, 0.25) is 4.43 Å². The van der Waals surface area contributed by atoms with E-state index in [2.05, 4.69) is 4.43 Å². The molecule has 1 nitrogen and oxygen atoms in total. The van der Waals surface area contributed by atoms with Crippen molar-refractivity contribution in [3.05, 3.63) is 0 Å². The van der Waals surface area contributed by atoms with E-state index in [4.69, 9.17) is 17.0 Å². The number of hydrogen-bond donors (Lipinski definition) is 0. The van der Waals surface area contributed by atoms with Gasteiger partial charge < -0.3 is 0 Å². The van der Waals surface area contributed by atoms with Crippen LogP contribution in [0.4, 0.5) is 0 Å². The first-order valence-corrected chi connectivity index (χ1v) is 15.6. The van der Waals surface area contributed by atoms with Gasteiger partial charge in [0.15, 0.2) is 0 Å². The Bertz CT molecular complexity index is 66.0. The van der Waals surface area contributed by atoms with E-state index in [-0.39, 0.29) is 0 Å². The van der Waals surface area contributed by atoms with Crippen molar-refractivity contribution < 1.29 is 27.8 Å². The van der Waals surface area contributed by atoms with Gasteiger partial charge in [-0.3, -0.25) is 0 Å². The van der Waals surface area contributed by atoms with E-state index in [1.165, 1.54) is 0 Å². The van der Waals surface area contributed by atoms with Crippen LogP contribution in [0.25, 0.3) is 0 Å². The van der Waals surface area contributed by atoms with Gasteiger partial charge in [-0.15, -0.1) is 0 Å². The zero-order chi connectivity index (χ0) is 5.70. The molecule has 38 valence electrons. The Kier molecular flexibility index (Phi) is 6.21. The molecule has 0 aliphatic heterocycles. The van der Waals surface area contributed by atoms with Crippen molar-refractivity contribution in [3.63, 3.8) is 0 Å². The molecular weight excluding hydrogens is 317 g/mol. The fourth-order valence-corrected chi connectivity index (χ4v) is 7.76. The maximum absolute atomic E-state index is 4.75. The van der Waals surface area contributed by atoms with Gasteiger partial charge in [-0.05, 0) is 0 Å².